The average molecular weight is 369 g/mol. The first-order valence-electron chi connectivity index (χ1n) is 6.88. The van der Waals surface area contributed by atoms with Gasteiger partial charge in [-0.25, -0.2) is 0 Å². The maximum atomic E-state index is 12.2. The SMILES string of the molecule is C=CCNc1nnc(SCC(=O)N(C)Cc2cccc(Cl)c2)s1. The number of anilines is 1. The standard InChI is InChI=1S/C15H17ClN4OS2/c1-3-7-17-14-18-19-15(23-14)22-10-13(21)20(2)9-11-5-4-6-12(16)8-11/h3-6,8H,1,7,9-10H2,2H3,(H,17,18). The van der Waals surface area contributed by atoms with Gasteiger partial charge >= 0.3 is 0 Å². The molecule has 122 valence electrons. The van der Waals surface area contributed by atoms with Gasteiger partial charge in [-0.3, -0.25) is 4.79 Å². The lowest BCUT2D eigenvalue weighted by atomic mass is 10.2. The number of nitrogens with one attached hydrogen (secondary N) is 1. The lowest BCUT2D eigenvalue weighted by Gasteiger charge is -2.16. The van der Waals surface area contributed by atoms with Crippen LogP contribution in [0.15, 0.2) is 41.3 Å². The van der Waals surface area contributed by atoms with Crippen molar-refractivity contribution in [1.82, 2.24) is 15.1 Å². The number of halogens is 1. The number of benzene rings is 1. The Morgan fingerprint density at radius 3 is 3.09 bits per heavy atom. The molecule has 1 aromatic heterocycles. The number of thioether (sulfide) groups is 1. The van der Waals surface area contributed by atoms with Crippen molar-refractivity contribution in [3.63, 3.8) is 0 Å². The van der Waals surface area contributed by atoms with Crippen LogP contribution in [0.25, 0.3) is 0 Å². The zero-order chi connectivity index (χ0) is 16.7. The predicted molar refractivity (Wildman–Crippen MR) is 97.2 cm³/mol. The van der Waals surface area contributed by atoms with Crippen molar-refractivity contribution in [2.45, 2.75) is 10.9 Å². The summed E-state index contributed by atoms with van der Waals surface area (Å²) < 4.78 is 0.765. The molecule has 0 bridgehead atoms. The summed E-state index contributed by atoms with van der Waals surface area (Å²) in [6, 6.07) is 7.51. The van der Waals surface area contributed by atoms with E-state index >= 15 is 0 Å². The molecule has 8 heteroatoms. The summed E-state index contributed by atoms with van der Waals surface area (Å²) in [7, 11) is 1.78. The fourth-order valence-corrected chi connectivity index (χ4v) is 3.64. The third-order valence-corrected chi connectivity index (χ3v) is 5.09. The van der Waals surface area contributed by atoms with Gasteiger partial charge in [-0.1, -0.05) is 52.9 Å². The molecular formula is C15H17ClN4OS2. The highest BCUT2D eigenvalue weighted by Crippen LogP contribution is 2.25. The summed E-state index contributed by atoms with van der Waals surface area (Å²) >= 11 is 8.77. The second-order valence-electron chi connectivity index (χ2n) is 4.71. The highest BCUT2D eigenvalue weighted by atomic mass is 35.5. The largest absolute Gasteiger partial charge is 0.357 e. The molecule has 1 N–H and O–H groups in total. The first-order valence-corrected chi connectivity index (χ1v) is 9.06. The molecule has 0 aliphatic carbocycles. The van der Waals surface area contributed by atoms with Crippen LogP contribution in [-0.4, -0.2) is 40.3 Å². The fraction of sp³-hybridized carbons (Fsp3) is 0.267. The summed E-state index contributed by atoms with van der Waals surface area (Å²) in [5.74, 6) is 0.360. The van der Waals surface area contributed by atoms with Crippen molar-refractivity contribution in [3.8, 4) is 0 Å². The second-order valence-corrected chi connectivity index (χ2v) is 7.35. The van der Waals surface area contributed by atoms with Crippen LogP contribution < -0.4 is 5.32 Å². The summed E-state index contributed by atoms with van der Waals surface area (Å²) in [5, 5.41) is 12.5. The minimum absolute atomic E-state index is 0.0331. The van der Waals surface area contributed by atoms with Gasteiger partial charge in [0.15, 0.2) is 4.34 Å². The summed E-state index contributed by atoms with van der Waals surface area (Å²) in [4.78, 5) is 13.9. The molecule has 0 saturated carbocycles. The molecule has 0 spiro atoms. The highest BCUT2D eigenvalue weighted by molar-refractivity contribution is 8.01. The molecule has 23 heavy (non-hydrogen) atoms. The molecule has 5 nitrogen and oxygen atoms in total. The Balaban J connectivity index is 1.81. The van der Waals surface area contributed by atoms with E-state index in [1.807, 2.05) is 24.3 Å². The Morgan fingerprint density at radius 1 is 1.52 bits per heavy atom. The van der Waals surface area contributed by atoms with Crippen molar-refractivity contribution in [1.29, 1.82) is 0 Å². The minimum Gasteiger partial charge on any atom is -0.357 e. The van der Waals surface area contributed by atoms with Crippen molar-refractivity contribution >= 4 is 45.7 Å². The number of nitrogens with zero attached hydrogens (tertiary/aromatic N) is 3. The van der Waals surface area contributed by atoms with Crippen LogP contribution in [0.2, 0.25) is 5.02 Å². The number of hydrogen-bond donors (Lipinski definition) is 1. The molecule has 2 rings (SSSR count). The van der Waals surface area contributed by atoms with E-state index in [1.54, 1.807) is 18.0 Å². The number of carbonyl (C=O) groups is 1. The topological polar surface area (TPSA) is 58.1 Å². The van der Waals surface area contributed by atoms with E-state index in [2.05, 4.69) is 22.1 Å². The lowest BCUT2D eigenvalue weighted by Crippen LogP contribution is -2.27. The van der Waals surface area contributed by atoms with E-state index in [1.165, 1.54) is 23.1 Å². The molecule has 1 amide bonds. The van der Waals surface area contributed by atoms with Gasteiger partial charge in [0.1, 0.15) is 0 Å². The first-order chi connectivity index (χ1) is 11.1. The van der Waals surface area contributed by atoms with Gasteiger partial charge in [-0.2, -0.15) is 0 Å². The fourth-order valence-electron chi connectivity index (χ4n) is 1.73. The van der Waals surface area contributed by atoms with E-state index in [9.17, 15) is 4.79 Å². The summed E-state index contributed by atoms with van der Waals surface area (Å²) in [5.41, 5.74) is 1.00. The molecule has 0 aliphatic rings. The van der Waals surface area contributed by atoms with Gasteiger partial charge in [-0.05, 0) is 17.7 Å². The van der Waals surface area contributed by atoms with Crippen LogP contribution >= 0.6 is 34.7 Å². The summed E-state index contributed by atoms with van der Waals surface area (Å²) in [6.07, 6.45) is 1.75. The maximum Gasteiger partial charge on any atom is 0.233 e. The van der Waals surface area contributed by atoms with Crippen LogP contribution in [-0.2, 0) is 11.3 Å². The Bertz CT molecular complexity index is 677. The molecule has 0 radical (unpaired) electrons. The van der Waals surface area contributed by atoms with E-state index in [4.69, 9.17) is 11.6 Å². The van der Waals surface area contributed by atoms with Crippen molar-refractivity contribution < 1.29 is 4.79 Å². The zero-order valence-electron chi connectivity index (χ0n) is 12.7. The summed E-state index contributed by atoms with van der Waals surface area (Å²) in [6.45, 7) is 4.80. The number of amides is 1. The number of hydrogen-bond acceptors (Lipinski definition) is 6. The molecule has 0 atom stereocenters. The van der Waals surface area contributed by atoms with Crippen LogP contribution in [0, 0.1) is 0 Å². The predicted octanol–water partition coefficient (Wildman–Crippen LogP) is 3.54. The zero-order valence-corrected chi connectivity index (χ0v) is 15.0. The number of aromatic nitrogens is 2. The monoisotopic (exact) mass is 368 g/mol. The van der Waals surface area contributed by atoms with Gasteiger partial charge < -0.3 is 10.2 Å². The third-order valence-electron chi connectivity index (χ3n) is 2.86. The van der Waals surface area contributed by atoms with Crippen molar-refractivity contribution in [2.24, 2.45) is 0 Å². The first kappa shape index (κ1) is 17.8. The molecule has 0 saturated heterocycles. The molecular weight excluding hydrogens is 352 g/mol. The highest BCUT2D eigenvalue weighted by Gasteiger charge is 2.12. The number of rotatable bonds is 8. The average Bonchev–Trinajstić information content (AvgIpc) is 2.98. The van der Waals surface area contributed by atoms with E-state index in [-0.39, 0.29) is 5.91 Å². The van der Waals surface area contributed by atoms with Gasteiger partial charge in [0.2, 0.25) is 11.0 Å². The number of carbonyl (C=O) groups excluding carboxylic acids is 1. The van der Waals surface area contributed by atoms with Crippen LogP contribution in [0.5, 0.6) is 0 Å². The van der Waals surface area contributed by atoms with Crippen LogP contribution in [0.3, 0.4) is 0 Å². The molecule has 2 aromatic rings. The molecule has 0 fully saturated rings. The molecule has 0 unspecified atom stereocenters. The molecule has 1 aromatic carbocycles. The molecule has 1 heterocycles. The quantitative estimate of drug-likeness (QED) is 0.570. The van der Waals surface area contributed by atoms with Crippen molar-refractivity contribution in [2.75, 3.05) is 24.7 Å². The Morgan fingerprint density at radius 2 is 2.35 bits per heavy atom. The van der Waals surface area contributed by atoms with Crippen molar-refractivity contribution in [3.05, 3.63) is 47.5 Å². The van der Waals surface area contributed by atoms with Crippen LogP contribution in [0.1, 0.15) is 5.56 Å². The Kier molecular flexibility index (Phi) is 6.88. The normalized spacial score (nSPS) is 10.3. The van der Waals surface area contributed by atoms with E-state index in [0.717, 1.165) is 15.0 Å². The van der Waals surface area contributed by atoms with E-state index in [0.29, 0.717) is 23.9 Å². The Labute approximate surface area is 148 Å². The van der Waals surface area contributed by atoms with E-state index < -0.39 is 0 Å². The molecule has 0 aliphatic heterocycles. The van der Waals surface area contributed by atoms with Gasteiger partial charge in [-0.15, -0.1) is 16.8 Å². The van der Waals surface area contributed by atoms with Gasteiger partial charge in [0.25, 0.3) is 0 Å². The van der Waals surface area contributed by atoms with Gasteiger partial charge in [0, 0.05) is 25.2 Å². The lowest BCUT2D eigenvalue weighted by molar-refractivity contribution is -0.127. The second kappa shape index (κ2) is 8.90. The van der Waals surface area contributed by atoms with Crippen LogP contribution in [0.4, 0.5) is 5.13 Å². The maximum absolute atomic E-state index is 12.2. The minimum atomic E-state index is 0.0331. The third kappa shape index (κ3) is 5.85. The van der Waals surface area contributed by atoms with Gasteiger partial charge in [0.05, 0.1) is 5.75 Å². The Hall–Kier alpha value is -1.57. The smallest absolute Gasteiger partial charge is 0.233 e.